The van der Waals surface area contributed by atoms with Gasteiger partial charge in [0, 0.05) is 25.0 Å². The molecule has 0 fully saturated rings. The fraction of sp³-hybridized carbons (Fsp3) is 0.217. The standard InChI is InChI=1S/C23H23N3O/c27-23(25-13-12-18-7-2-1-3-8-18)20-15-21(17-24-16-20)26-14-6-10-19-9-4-5-11-22(19)26/h1-5,7-9,11,15-17H,6,10,12-14H2,(H,25,27). The summed E-state index contributed by atoms with van der Waals surface area (Å²) in [5.74, 6) is -0.0782. The quantitative estimate of drug-likeness (QED) is 0.746. The van der Waals surface area contributed by atoms with Crippen LogP contribution in [0.1, 0.15) is 27.9 Å². The number of carbonyl (C=O) groups is 1. The van der Waals surface area contributed by atoms with Gasteiger partial charge in [-0.15, -0.1) is 0 Å². The highest BCUT2D eigenvalue weighted by Gasteiger charge is 2.19. The summed E-state index contributed by atoms with van der Waals surface area (Å²) in [7, 11) is 0. The first-order valence-corrected chi connectivity index (χ1v) is 9.44. The van der Waals surface area contributed by atoms with E-state index in [-0.39, 0.29) is 5.91 Å². The Morgan fingerprint density at radius 3 is 2.74 bits per heavy atom. The average molecular weight is 357 g/mol. The van der Waals surface area contributed by atoms with Gasteiger partial charge in [0.2, 0.25) is 0 Å². The van der Waals surface area contributed by atoms with Crippen LogP contribution < -0.4 is 10.2 Å². The van der Waals surface area contributed by atoms with Crippen LogP contribution >= 0.6 is 0 Å². The van der Waals surface area contributed by atoms with E-state index < -0.39 is 0 Å². The van der Waals surface area contributed by atoms with Crippen LogP contribution in [0.3, 0.4) is 0 Å². The molecule has 0 spiro atoms. The van der Waals surface area contributed by atoms with Crippen LogP contribution in [0.2, 0.25) is 0 Å². The number of anilines is 2. The maximum absolute atomic E-state index is 12.5. The van der Waals surface area contributed by atoms with Crippen molar-refractivity contribution in [3.8, 4) is 0 Å². The molecule has 0 atom stereocenters. The maximum atomic E-state index is 12.5. The highest BCUT2D eigenvalue weighted by Crippen LogP contribution is 2.33. The van der Waals surface area contributed by atoms with Crippen molar-refractivity contribution in [2.75, 3.05) is 18.0 Å². The van der Waals surface area contributed by atoms with Gasteiger partial charge in [-0.2, -0.15) is 0 Å². The molecule has 1 aromatic heterocycles. The number of para-hydroxylation sites is 1. The van der Waals surface area contributed by atoms with Crippen LogP contribution in [0.25, 0.3) is 0 Å². The number of hydrogen-bond acceptors (Lipinski definition) is 3. The van der Waals surface area contributed by atoms with Crippen LogP contribution in [-0.2, 0) is 12.8 Å². The zero-order valence-corrected chi connectivity index (χ0v) is 15.3. The Balaban J connectivity index is 1.46. The lowest BCUT2D eigenvalue weighted by atomic mass is 10.0. The summed E-state index contributed by atoms with van der Waals surface area (Å²) in [6.07, 6.45) is 6.49. The molecule has 1 N–H and O–H groups in total. The minimum atomic E-state index is -0.0782. The Bertz CT molecular complexity index is 924. The summed E-state index contributed by atoms with van der Waals surface area (Å²) in [5, 5.41) is 3.00. The molecule has 0 saturated carbocycles. The Labute approximate surface area is 159 Å². The second-order valence-corrected chi connectivity index (χ2v) is 6.81. The summed E-state index contributed by atoms with van der Waals surface area (Å²) in [5.41, 5.74) is 5.35. The third-order valence-corrected chi connectivity index (χ3v) is 4.95. The van der Waals surface area contributed by atoms with Gasteiger partial charge in [-0.25, -0.2) is 0 Å². The number of carbonyl (C=O) groups excluding carboxylic acids is 1. The second-order valence-electron chi connectivity index (χ2n) is 6.81. The average Bonchev–Trinajstić information content (AvgIpc) is 2.74. The lowest BCUT2D eigenvalue weighted by Gasteiger charge is -2.31. The van der Waals surface area contributed by atoms with Crippen molar-refractivity contribution in [1.82, 2.24) is 10.3 Å². The SMILES string of the molecule is O=C(NCCc1ccccc1)c1cncc(N2CCCc3ccccc32)c1. The normalized spacial score (nSPS) is 13.1. The Hall–Kier alpha value is -3.14. The number of nitrogens with zero attached hydrogens (tertiary/aromatic N) is 2. The minimum Gasteiger partial charge on any atom is -0.352 e. The van der Waals surface area contributed by atoms with Gasteiger partial charge in [0.05, 0.1) is 17.4 Å². The lowest BCUT2D eigenvalue weighted by molar-refractivity contribution is 0.0954. The van der Waals surface area contributed by atoms with E-state index in [1.807, 2.05) is 30.5 Å². The number of amides is 1. The maximum Gasteiger partial charge on any atom is 0.252 e. The van der Waals surface area contributed by atoms with Crippen molar-refractivity contribution >= 4 is 17.3 Å². The predicted molar refractivity (Wildman–Crippen MR) is 108 cm³/mol. The van der Waals surface area contributed by atoms with Crippen molar-refractivity contribution in [1.29, 1.82) is 0 Å². The first-order valence-electron chi connectivity index (χ1n) is 9.44. The topological polar surface area (TPSA) is 45.2 Å². The minimum absolute atomic E-state index is 0.0782. The summed E-state index contributed by atoms with van der Waals surface area (Å²) >= 11 is 0. The summed E-state index contributed by atoms with van der Waals surface area (Å²) in [4.78, 5) is 19.1. The zero-order chi connectivity index (χ0) is 18.5. The van der Waals surface area contributed by atoms with Crippen LogP contribution in [-0.4, -0.2) is 24.0 Å². The molecule has 4 heteroatoms. The van der Waals surface area contributed by atoms with E-state index in [0.29, 0.717) is 12.1 Å². The molecule has 0 aliphatic carbocycles. The van der Waals surface area contributed by atoms with Crippen molar-refractivity contribution in [2.24, 2.45) is 0 Å². The van der Waals surface area contributed by atoms with E-state index in [0.717, 1.165) is 31.5 Å². The second kappa shape index (κ2) is 8.04. The molecule has 3 aromatic rings. The molecule has 0 unspecified atom stereocenters. The van der Waals surface area contributed by atoms with Gasteiger partial charge in [-0.3, -0.25) is 9.78 Å². The molecular formula is C23H23N3O. The first-order chi connectivity index (χ1) is 13.3. The van der Waals surface area contributed by atoms with Crippen LogP contribution in [0.15, 0.2) is 73.1 Å². The molecule has 4 rings (SSSR count). The molecule has 1 aliphatic heterocycles. The van der Waals surface area contributed by atoms with Gasteiger partial charge in [0.15, 0.2) is 0 Å². The van der Waals surface area contributed by atoms with Gasteiger partial charge in [-0.1, -0.05) is 48.5 Å². The smallest absolute Gasteiger partial charge is 0.252 e. The summed E-state index contributed by atoms with van der Waals surface area (Å²) in [6.45, 7) is 1.55. The Morgan fingerprint density at radius 2 is 1.85 bits per heavy atom. The molecule has 27 heavy (non-hydrogen) atoms. The largest absolute Gasteiger partial charge is 0.352 e. The fourth-order valence-electron chi connectivity index (χ4n) is 3.57. The van der Waals surface area contributed by atoms with E-state index in [4.69, 9.17) is 0 Å². The van der Waals surface area contributed by atoms with E-state index in [2.05, 4.69) is 51.6 Å². The number of aromatic nitrogens is 1. The van der Waals surface area contributed by atoms with Crippen LogP contribution in [0.4, 0.5) is 11.4 Å². The van der Waals surface area contributed by atoms with Gasteiger partial charge >= 0.3 is 0 Å². The van der Waals surface area contributed by atoms with Gasteiger partial charge in [0.1, 0.15) is 0 Å². The van der Waals surface area contributed by atoms with Crippen molar-refractivity contribution in [3.63, 3.8) is 0 Å². The first kappa shape index (κ1) is 17.3. The highest BCUT2D eigenvalue weighted by atomic mass is 16.1. The molecule has 1 amide bonds. The molecule has 136 valence electrons. The monoisotopic (exact) mass is 357 g/mol. The molecule has 4 nitrogen and oxygen atoms in total. The van der Waals surface area contributed by atoms with Gasteiger partial charge < -0.3 is 10.2 Å². The molecule has 2 aromatic carbocycles. The van der Waals surface area contributed by atoms with Crippen LogP contribution in [0.5, 0.6) is 0 Å². The Kier molecular flexibility index (Phi) is 5.15. The fourth-order valence-corrected chi connectivity index (χ4v) is 3.57. The van der Waals surface area contributed by atoms with Crippen molar-refractivity contribution < 1.29 is 4.79 Å². The lowest BCUT2D eigenvalue weighted by Crippen LogP contribution is -2.27. The van der Waals surface area contributed by atoms with E-state index in [1.165, 1.54) is 16.8 Å². The van der Waals surface area contributed by atoms with Crippen molar-refractivity contribution in [3.05, 3.63) is 89.7 Å². The zero-order valence-electron chi connectivity index (χ0n) is 15.3. The molecule has 0 radical (unpaired) electrons. The molecule has 0 bridgehead atoms. The number of aryl methyl sites for hydroxylation is 1. The number of rotatable bonds is 5. The number of pyridine rings is 1. The number of hydrogen-bond donors (Lipinski definition) is 1. The third kappa shape index (κ3) is 4.00. The summed E-state index contributed by atoms with van der Waals surface area (Å²) < 4.78 is 0. The predicted octanol–water partition coefficient (Wildman–Crippen LogP) is 4.14. The van der Waals surface area contributed by atoms with E-state index >= 15 is 0 Å². The molecular weight excluding hydrogens is 334 g/mol. The Morgan fingerprint density at radius 1 is 1.04 bits per heavy atom. The van der Waals surface area contributed by atoms with Gasteiger partial charge in [-0.05, 0) is 42.5 Å². The number of nitrogens with one attached hydrogen (secondary N) is 1. The van der Waals surface area contributed by atoms with Gasteiger partial charge in [0.25, 0.3) is 5.91 Å². The van der Waals surface area contributed by atoms with E-state index in [1.54, 1.807) is 6.20 Å². The number of benzene rings is 2. The molecule has 2 heterocycles. The van der Waals surface area contributed by atoms with Crippen molar-refractivity contribution in [2.45, 2.75) is 19.3 Å². The highest BCUT2D eigenvalue weighted by molar-refractivity contribution is 5.95. The molecule has 0 saturated heterocycles. The third-order valence-electron chi connectivity index (χ3n) is 4.95. The summed E-state index contributed by atoms with van der Waals surface area (Å²) in [6, 6.07) is 20.6. The molecule has 1 aliphatic rings. The number of fused-ring (bicyclic) bond motifs is 1. The van der Waals surface area contributed by atoms with E-state index in [9.17, 15) is 4.79 Å². The van der Waals surface area contributed by atoms with Crippen LogP contribution in [0, 0.1) is 0 Å².